The molecule has 0 aliphatic rings. The van der Waals surface area contributed by atoms with E-state index in [-0.39, 0.29) is 5.91 Å². The molecule has 0 atom stereocenters. The maximum atomic E-state index is 11.9. The molecular weight excluding hydrogens is 382 g/mol. The quantitative estimate of drug-likeness (QED) is 0.141. The predicted molar refractivity (Wildman–Crippen MR) is 136 cm³/mol. The molecule has 1 amide bonds. The zero-order chi connectivity index (χ0) is 22.6. The van der Waals surface area contributed by atoms with Crippen LogP contribution < -0.4 is 10.3 Å². The fraction of sp³-hybridized carbons (Fsp3) is 0.704. The van der Waals surface area contributed by atoms with Crippen LogP contribution >= 0.6 is 0 Å². The third kappa shape index (κ3) is 15.6. The topological polar surface area (TPSA) is 44.7 Å². The van der Waals surface area contributed by atoms with E-state index in [2.05, 4.69) is 22.4 Å². The SMILES string of the molecule is CCCCCCCCCCCCCCCCCC(=O)NN=Cc1ccc(N(C)C)cc1. The van der Waals surface area contributed by atoms with Gasteiger partial charge in [0.25, 0.3) is 0 Å². The molecule has 0 radical (unpaired) electrons. The molecule has 1 rings (SSSR count). The number of amides is 1. The third-order valence-electron chi connectivity index (χ3n) is 5.82. The van der Waals surface area contributed by atoms with Gasteiger partial charge < -0.3 is 4.90 Å². The highest BCUT2D eigenvalue weighted by Crippen LogP contribution is 2.14. The molecular formula is C27H47N3O. The number of hydrogen-bond donors (Lipinski definition) is 1. The Morgan fingerprint density at radius 1 is 0.774 bits per heavy atom. The summed E-state index contributed by atoms with van der Waals surface area (Å²) in [6.45, 7) is 2.28. The molecule has 0 saturated carbocycles. The molecule has 0 spiro atoms. The summed E-state index contributed by atoms with van der Waals surface area (Å²) in [7, 11) is 4.03. The lowest BCUT2D eigenvalue weighted by Crippen LogP contribution is -2.16. The Morgan fingerprint density at radius 2 is 1.23 bits per heavy atom. The Kier molecular flexibility index (Phi) is 16.6. The molecule has 0 heterocycles. The van der Waals surface area contributed by atoms with Gasteiger partial charge in [-0.3, -0.25) is 4.79 Å². The van der Waals surface area contributed by atoms with Crippen molar-refractivity contribution in [3.05, 3.63) is 29.8 Å². The number of benzene rings is 1. The van der Waals surface area contributed by atoms with E-state index in [0.29, 0.717) is 6.42 Å². The van der Waals surface area contributed by atoms with Gasteiger partial charge in [0.1, 0.15) is 0 Å². The van der Waals surface area contributed by atoms with Gasteiger partial charge in [0, 0.05) is 26.2 Å². The highest BCUT2D eigenvalue weighted by atomic mass is 16.2. The minimum Gasteiger partial charge on any atom is -0.378 e. The number of carbonyl (C=O) groups is 1. The standard InChI is InChI=1S/C27H47N3O/c1-4-5-6-7-8-9-10-11-12-13-14-15-16-17-18-19-27(31)29-28-24-25-20-22-26(23-21-25)30(2)3/h20-24H,4-19H2,1-3H3,(H,29,31). The predicted octanol–water partition coefficient (Wildman–Crippen LogP) is 7.46. The molecule has 0 aliphatic heterocycles. The molecule has 0 bridgehead atoms. The zero-order valence-electron chi connectivity index (χ0n) is 20.5. The summed E-state index contributed by atoms with van der Waals surface area (Å²) in [4.78, 5) is 13.9. The first kappa shape index (κ1) is 27.2. The summed E-state index contributed by atoms with van der Waals surface area (Å²) in [5.74, 6) is 0.0101. The van der Waals surface area contributed by atoms with Crippen molar-refractivity contribution in [1.29, 1.82) is 0 Å². The second-order valence-electron chi connectivity index (χ2n) is 8.98. The molecule has 0 aliphatic carbocycles. The molecule has 0 unspecified atom stereocenters. The lowest BCUT2D eigenvalue weighted by molar-refractivity contribution is -0.121. The molecule has 31 heavy (non-hydrogen) atoms. The first-order chi connectivity index (χ1) is 15.1. The van der Waals surface area contributed by atoms with Gasteiger partial charge in [-0.15, -0.1) is 0 Å². The summed E-state index contributed by atoms with van der Waals surface area (Å²) in [6, 6.07) is 8.08. The van der Waals surface area contributed by atoms with Crippen LogP contribution in [0.4, 0.5) is 5.69 Å². The molecule has 4 heteroatoms. The van der Waals surface area contributed by atoms with Gasteiger partial charge in [-0.05, 0) is 24.1 Å². The van der Waals surface area contributed by atoms with Gasteiger partial charge in [0.05, 0.1) is 6.21 Å². The van der Waals surface area contributed by atoms with Crippen molar-refractivity contribution in [3.63, 3.8) is 0 Å². The van der Waals surface area contributed by atoms with Crippen molar-refractivity contribution in [2.24, 2.45) is 5.10 Å². The Balaban J connectivity index is 1.89. The smallest absolute Gasteiger partial charge is 0.240 e. The van der Waals surface area contributed by atoms with Gasteiger partial charge >= 0.3 is 0 Å². The number of anilines is 1. The molecule has 176 valence electrons. The number of hydrogen-bond acceptors (Lipinski definition) is 3. The van der Waals surface area contributed by atoms with Crippen molar-refractivity contribution < 1.29 is 4.79 Å². The number of nitrogens with zero attached hydrogens (tertiary/aromatic N) is 2. The number of unbranched alkanes of at least 4 members (excludes halogenated alkanes) is 14. The molecule has 1 aromatic carbocycles. The third-order valence-corrected chi connectivity index (χ3v) is 5.82. The lowest BCUT2D eigenvalue weighted by Gasteiger charge is -2.11. The Bertz CT molecular complexity index is 581. The normalized spacial score (nSPS) is 11.2. The Labute approximate surface area is 191 Å². The maximum Gasteiger partial charge on any atom is 0.240 e. The van der Waals surface area contributed by atoms with Gasteiger partial charge in [0.2, 0.25) is 5.91 Å². The van der Waals surface area contributed by atoms with Crippen LogP contribution in [0.5, 0.6) is 0 Å². The first-order valence-corrected chi connectivity index (χ1v) is 12.7. The fourth-order valence-electron chi connectivity index (χ4n) is 3.75. The van der Waals surface area contributed by atoms with Crippen molar-refractivity contribution in [2.45, 2.75) is 110 Å². The summed E-state index contributed by atoms with van der Waals surface area (Å²) in [5, 5.41) is 4.07. The van der Waals surface area contributed by atoms with E-state index in [0.717, 1.165) is 24.1 Å². The summed E-state index contributed by atoms with van der Waals surface area (Å²) >= 11 is 0. The number of nitrogens with one attached hydrogen (secondary N) is 1. The zero-order valence-corrected chi connectivity index (χ0v) is 20.5. The van der Waals surface area contributed by atoms with E-state index >= 15 is 0 Å². The van der Waals surface area contributed by atoms with Crippen LogP contribution in [-0.4, -0.2) is 26.2 Å². The van der Waals surface area contributed by atoms with Crippen LogP contribution in [0.25, 0.3) is 0 Å². The Morgan fingerprint density at radius 3 is 1.68 bits per heavy atom. The molecule has 0 saturated heterocycles. The highest BCUT2D eigenvalue weighted by molar-refractivity contribution is 5.82. The van der Waals surface area contributed by atoms with Gasteiger partial charge in [-0.1, -0.05) is 109 Å². The highest BCUT2D eigenvalue weighted by Gasteiger charge is 2.00. The molecule has 0 aromatic heterocycles. The number of carbonyl (C=O) groups excluding carboxylic acids is 1. The van der Waals surface area contributed by atoms with Gasteiger partial charge in [0.15, 0.2) is 0 Å². The van der Waals surface area contributed by atoms with Crippen molar-refractivity contribution in [2.75, 3.05) is 19.0 Å². The fourth-order valence-corrected chi connectivity index (χ4v) is 3.75. The molecule has 4 nitrogen and oxygen atoms in total. The minimum atomic E-state index is 0.0101. The summed E-state index contributed by atoms with van der Waals surface area (Å²) in [6.07, 6.45) is 22.3. The van der Waals surface area contributed by atoms with Gasteiger partial charge in [-0.2, -0.15) is 5.10 Å². The average molecular weight is 430 g/mol. The molecule has 0 fully saturated rings. The maximum absolute atomic E-state index is 11.9. The molecule has 1 aromatic rings. The average Bonchev–Trinajstić information content (AvgIpc) is 2.76. The minimum absolute atomic E-state index is 0.0101. The molecule has 1 N–H and O–H groups in total. The van der Waals surface area contributed by atoms with Crippen molar-refractivity contribution in [3.8, 4) is 0 Å². The van der Waals surface area contributed by atoms with Crippen molar-refractivity contribution >= 4 is 17.8 Å². The largest absolute Gasteiger partial charge is 0.378 e. The lowest BCUT2D eigenvalue weighted by atomic mass is 10.0. The van der Waals surface area contributed by atoms with E-state index in [4.69, 9.17) is 0 Å². The van der Waals surface area contributed by atoms with Crippen LogP contribution in [0.3, 0.4) is 0 Å². The van der Waals surface area contributed by atoms with Crippen LogP contribution in [0.1, 0.15) is 115 Å². The van der Waals surface area contributed by atoms with E-state index in [1.807, 2.05) is 38.4 Å². The van der Waals surface area contributed by atoms with Crippen molar-refractivity contribution in [1.82, 2.24) is 5.43 Å². The van der Waals surface area contributed by atoms with E-state index < -0.39 is 0 Å². The van der Waals surface area contributed by atoms with Crippen LogP contribution in [0.2, 0.25) is 0 Å². The first-order valence-electron chi connectivity index (χ1n) is 12.7. The summed E-state index contributed by atoms with van der Waals surface area (Å²) in [5.41, 5.74) is 4.77. The second kappa shape index (κ2) is 18.9. The summed E-state index contributed by atoms with van der Waals surface area (Å²) < 4.78 is 0. The number of rotatable bonds is 19. The van der Waals surface area contributed by atoms with E-state index in [1.54, 1.807) is 6.21 Å². The van der Waals surface area contributed by atoms with Gasteiger partial charge in [-0.25, -0.2) is 5.43 Å². The van der Waals surface area contributed by atoms with E-state index in [1.165, 1.54) is 83.5 Å². The monoisotopic (exact) mass is 429 g/mol. The van der Waals surface area contributed by atoms with E-state index in [9.17, 15) is 4.79 Å². The Hall–Kier alpha value is -1.84. The second-order valence-corrected chi connectivity index (χ2v) is 8.98. The van der Waals surface area contributed by atoms with Crippen LogP contribution in [0.15, 0.2) is 29.4 Å². The van der Waals surface area contributed by atoms with Crippen LogP contribution in [0, 0.1) is 0 Å². The van der Waals surface area contributed by atoms with Crippen LogP contribution in [-0.2, 0) is 4.79 Å². The number of hydrazone groups is 1.